The number of nitrogens with zero attached hydrogens (tertiary/aromatic N) is 1. The lowest BCUT2D eigenvalue weighted by Crippen LogP contribution is -2.15. The Morgan fingerprint density at radius 1 is 1.39 bits per heavy atom. The molecule has 18 heavy (non-hydrogen) atoms. The van der Waals surface area contributed by atoms with Gasteiger partial charge in [0, 0.05) is 43.7 Å². The van der Waals surface area contributed by atoms with Crippen LogP contribution in [0.5, 0.6) is 0 Å². The minimum atomic E-state index is -0.00644. The summed E-state index contributed by atoms with van der Waals surface area (Å²) in [4.78, 5) is 11.9. The third-order valence-electron chi connectivity index (χ3n) is 2.87. The summed E-state index contributed by atoms with van der Waals surface area (Å²) < 4.78 is 1.56. The highest BCUT2D eigenvalue weighted by Gasteiger charge is 2.03. The zero-order valence-corrected chi connectivity index (χ0v) is 10.4. The fourth-order valence-electron chi connectivity index (χ4n) is 1.89. The molecule has 1 heterocycles. The molecule has 4 heteroatoms. The predicted octanol–water partition coefficient (Wildman–Crippen LogP) is 1.75. The van der Waals surface area contributed by atoms with E-state index in [4.69, 9.17) is 5.41 Å². The van der Waals surface area contributed by atoms with Crippen LogP contribution >= 0.6 is 0 Å². The molecule has 92 valence electrons. The highest BCUT2D eigenvalue weighted by Crippen LogP contribution is 2.17. The van der Waals surface area contributed by atoms with E-state index in [0.717, 1.165) is 16.5 Å². The van der Waals surface area contributed by atoms with E-state index in [9.17, 15) is 4.79 Å². The van der Waals surface area contributed by atoms with Crippen molar-refractivity contribution in [3.05, 3.63) is 52.6 Å². The van der Waals surface area contributed by atoms with Crippen LogP contribution in [-0.2, 0) is 7.05 Å². The molecular weight excluding hydrogens is 226 g/mol. The summed E-state index contributed by atoms with van der Waals surface area (Å²) in [6, 6.07) is 7.49. The van der Waals surface area contributed by atoms with Crippen LogP contribution in [0.15, 0.2) is 41.5 Å². The van der Waals surface area contributed by atoms with Gasteiger partial charge in [-0.2, -0.15) is 0 Å². The maximum absolute atomic E-state index is 11.9. The molecule has 2 N–H and O–H groups in total. The molecule has 1 aromatic heterocycles. The number of rotatable bonds is 3. The molecule has 0 unspecified atom stereocenters. The van der Waals surface area contributed by atoms with Gasteiger partial charge in [0.05, 0.1) is 0 Å². The van der Waals surface area contributed by atoms with Gasteiger partial charge >= 0.3 is 0 Å². The number of hydrogen-bond acceptors (Lipinski definition) is 3. The average Bonchev–Trinajstić information content (AvgIpc) is 2.40. The average molecular weight is 241 g/mol. The van der Waals surface area contributed by atoms with Crippen LogP contribution in [0.4, 0.5) is 0 Å². The number of aromatic nitrogens is 1. The smallest absolute Gasteiger partial charge is 0.258 e. The van der Waals surface area contributed by atoms with Gasteiger partial charge in [0.25, 0.3) is 5.56 Å². The monoisotopic (exact) mass is 241 g/mol. The second-order valence-electron chi connectivity index (χ2n) is 4.07. The first-order chi connectivity index (χ1) is 8.67. The molecule has 0 bridgehead atoms. The van der Waals surface area contributed by atoms with Crippen LogP contribution in [0.2, 0.25) is 0 Å². The van der Waals surface area contributed by atoms with E-state index in [1.165, 1.54) is 6.21 Å². The Hall–Kier alpha value is -2.36. The quantitative estimate of drug-likeness (QED) is 0.804. The Bertz CT molecular complexity index is 683. The summed E-state index contributed by atoms with van der Waals surface area (Å²) in [5.41, 5.74) is 1.69. The Morgan fingerprint density at radius 3 is 2.83 bits per heavy atom. The van der Waals surface area contributed by atoms with Gasteiger partial charge in [0.1, 0.15) is 0 Å². The van der Waals surface area contributed by atoms with Crippen LogP contribution < -0.4 is 10.9 Å². The summed E-state index contributed by atoms with van der Waals surface area (Å²) in [6.45, 7) is 0. The standard InChI is InChI=1S/C14H15N3O/c1-16-9-12(8-15)10-3-4-13-11(7-10)5-6-17(2)14(13)18/h3-9,15-16H,1-2H3/b12-9+,15-8?. The van der Waals surface area contributed by atoms with E-state index in [-0.39, 0.29) is 5.56 Å². The van der Waals surface area contributed by atoms with Crippen molar-refractivity contribution in [2.45, 2.75) is 0 Å². The van der Waals surface area contributed by atoms with E-state index in [1.807, 2.05) is 18.2 Å². The SMILES string of the molecule is CN/C=C(\C=N)c1ccc2c(=O)n(C)ccc2c1. The maximum atomic E-state index is 11.9. The van der Waals surface area contributed by atoms with Gasteiger partial charge in [-0.25, -0.2) is 0 Å². The lowest BCUT2D eigenvalue weighted by molar-refractivity contribution is 0.873. The first-order valence-corrected chi connectivity index (χ1v) is 5.65. The highest BCUT2D eigenvalue weighted by molar-refractivity contribution is 6.09. The van der Waals surface area contributed by atoms with Crippen molar-refractivity contribution in [1.82, 2.24) is 9.88 Å². The summed E-state index contributed by atoms with van der Waals surface area (Å²) in [6.07, 6.45) is 4.80. The molecule has 0 amide bonds. The van der Waals surface area contributed by atoms with Gasteiger partial charge in [-0.3, -0.25) is 4.79 Å². The second-order valence-corrected chi connectivity index (χ2v) is 4.07. The molecule has 0 spiro atoms. The molecule has 2 rings (SSSR count). The summed E-state index contributed by atoms with van der Waals surface area (Å²) in [5, 5.41) is 11.9. The van der Waals surface area contributed by atoms with Crippen LogP contribution in [0.1, 0.15) is 5.56 Å². The van der Waals surface area contributed by atoms with Crippen LogP contribution in [0, 0.1) is 5.41 Å². The van der Waals surface area contributed by atoms with Gasteiger partial charge < -0.3 is 15.3 Å². The third-order valence-corrected chi connectivity index (χ3v) is 2.87. The van der Waals surface area contributed by atoms with Crippen molar-refractivity contribution in [3.63, 3.8) is 0 Å². The molecule has 0 saturated heterocycles. The molecule has 0 saturated carbocycles. The van der Waals surface area contributed by atoms with E-state index in [2.05, 4.69) is 5.32 Å². The molecule has 0 atom stereocenters. The van der Waals surface area contributed by atoms with Gasteiger partial charge in [-0.1, -0.05) is 6.07 Å². The third kappa shape index (κ3) is 2.05. The number of allylic oxidation sites excluding steroid dienone is 1. The van der Waals surface area contributed by atoms with E-state index < -0.39 is 0 Å². The highest BCUT2D eigenvalue weighted by atomic mass is 16.1. The topological polar surface area (TPSA) is 57.9 Å². The number of fused-ring (bicyclic) bond motifs is 1. The summed E-state index contributed by atoms with van der Waals surface area (Å²) in [7, 11) is 3.53. The number of pyridine rings is 1. The fourth-order valence-corrected chi connectivity index (χ4v) is 1.89. The summed E-state index contributed by atoms with van der Waals surface area (Å²) >= 11 is 0. The Balaban J connectivity index is 2.65. The summed E-state index contributed by atoms with van der Waals surface area (Å²) in [5.74, 6) is 0. The zero-order chi connectivity index (χ0) is 13.1. The van der Waals surface area contributed by atoms with Crippen LogP contribution in [0.3, 0.4) is 0 Å². The van der Waals surface area contributed by atoms with Crippen molar-refractivity contribution in [2.75, 3.05) is 7.05 Å². The molecule has 0 fully saturated rings. The van der Waals surface area contributed by atoms with E-state index >= 15 is 0 Å². The first kappa shape index (κ1) is 12.1. The van der Waals surface area contributed by atoms with Crippen molar-refractivity contribution < 1.29 is 0 Å². The van der Waals surface area contributed by atoms with Gasteiger partial charge in [0.2, 0.25) is 0 Å². The van der Waals surface area contributed by atoms with Crippen molar-refractivity contribution >= 4 is 22.6 Å². The van der Waals surface area contributed by atoms with Crippen LogP contribution in [0.25, 0.3) is 16.3 Å². The van der Waals surface area contributed by atoms with Gasteiger partial charge in [0.15, 0.2) is 0 Å². The fraction of sp³-hybridized carbons (Fsp3) is 0.143. The Kier molecular flexibility index (Phi) is 3.28. The first-order valence-electron chi connectivity index (χ1n) is 5.65. The Labute approximate surface area is 105 Å². The zero-order valence-electron chi connectivity index (χ0n) is 10.4. The predicted molar refractivity (Wildman–Crippen MR) is 75.0 cm³/mol. The van der Waals surface area contributed by atoms with Gasteiger partial charge in [-0.05, 0) is 29.1 Å². The normalized spacial score (nSPS) is 11.6. The number of aryl methyl sites for hydroxylation is 1. The molecule has 0 aliphatic carbocycles. The maximum Gasteiger partial charge on any atom is 0.258 e. The van der Waals surface area contributed by atoms with E-state index in [0.29, 0.717) is 5.39 Å². The van der Waals surface area contributed by atoms with Crippen LogP contribution in [-0.4, -0.2) is 17.8 Å². The second kappa shape index (κ2) is 4.87. The largest absolute Gasteiger partial charge is 0.393 e. The number of benzene rings is 1. The Morgan fingerprint density at radius 2 is 2.17 bits per heavy atom. The molecule has 0 aliphatic rings. The minimum absolute atomic E-state index is 0.00644. The minimum Gasteiger partial charge on any atom is -0.393 e. The molecule has 2 aromatic rings. The molecule has 0 aliphatic heterocycles. The van der Waals surface area contributed by atoms with Crippen molar-refractivity contribution in [3.8, 4) is 0 Å². The molecule has 0 radical (unpaired) electrons. The molecule has 4 nitrogen and oxygen atoms in total. The van der Waals surface area contributed by atoms with Crippen molar-refractivity contribution in [2.24, 2.45) is 7.05 Å². The van der Waals surface area contributed by atoms with Gasteiger partial charge in [-0.15, -0.1) is 0 Å². The van der Waals surface area contributed by atoms with E-state index in [1.54, 1.807) is 37.1 Å². The molecular formula is C14H15N3O. The molecule has 1 aromatic carbocycles. The number of nitrogens with one attached hydrogen (secondary N) is 2. The lowest BCUT2D eigenvalue weighted by Gasteiger charge is -2.05. The lowest BCUT2D eigenvalue weighted by atomic mass is 10.0. The van der Waals surface area contributed by atoms with Crippen molar-refractivity contribution in [1.29, 1.82) is 5.41 Å². The number of hydrogen-bond donors (Lipinski definition) is 2.